The van der Waals surface area contributed by atoms with E-state index >= 15 is 0 Å². The summed E-state index contributed by atoms with van der Waals surface area (Å²) in [5.41, 5.74) is 5.98. The Bertz CT molecular complexity index is 1330. The summed E-state index contributed by atoms with van der Waals surface area (Å²) in [7, 11) is 0. The zero-order valence-electron chi connectivity index (χ0n) is 18.5. The second-order valence-electron chi connectivity index (χ2n) is 8.39. The minimum absolute atomic E-state index is 0.268. The summed E-state index contributed by atoms with van der Waals surface area (Å²) in [5.74, 6) is 1.66. The Morgan fingerprint density at radius 2 is 2.15 bits per heavy atom. The molecule has 0 spiro atoms. The molecule has 2 aliphatic heterocycles. The van der Waals surface area contributed by atoms with Crippen molar-refractivity contribution in [1.82, 2.24) is 19.4 Å². The molecule has 0 amide bonds. The number of imidazole rings is 1. The fourth-order valence-electron chi connectivity index (χ4n) is 4.38. The summed E-state index contributed by atoms with van der Waals surface area (Å²) in [6.07, 6.45) is 10.8. The first kappa shape index (κ1) is 19.9. The highest BCUT2D eigenvalue weighted by molar-refractivity contribution is 5.86. The molecule has 0 unspecified atom stereocenters. The molecule has 1 N–H and O–H groups in total. The number of hydrogen-bond donors (Lipinski definition) is 1. The summed E-state index contributed by atoms with van der Waals surface area (Å²) >= 11 is 0. The standard InChI is InChI=1S/C25H25N7O/c1-2-21-15-31(9-10-33-21)23-6-5-20(14-28-23)29-24-25-27-7-8-32(25)16-22(30-24)17-3-4-18-12-26-13-19(18)11-17/h3-8,11-12,14,16,21H,2,9-10,13,15H2,1H3,(H,29,30)/t21-/m0/s1. The lowest BCUT2D eigenvalue weighted by atomic mass is 10.0. The molecule has 33 heavy (non-hydrogen) atoms. The Balaban J connectivity index is 1.28. The van der Waals surface area contributed by atoms with E-state index in [-0.39, 0.29) is 6.10 Å². The van der Waals surface area contributed by atoms with Crippen LogP contribution in [0.15, 0.2) is 60.1 Å². The maximum Gasteiger partial charge on any atom is 0.180 e. The average molecular weight is 440 g/mol. The summed E-state index contributed by atoms with van der Waals surface area (Å²) in [5, 5.41) is 3.42. The predicted molar refractivity (Wildman–Crippen MR) is 129 cm³/mol. The number of nitrogens with one attached hydrogen (secondary N) is 1. The van der Waals surface area contributed by atoms with Crippen LogP contribution in [-0.4, -0.2) is 51.4 Å². The van der Waals surface area contributed by atoms with Crippen molar-refractivity contribution < 1.29 is 4.74 Å². The molecule has 4 aromatic rings. The highest BCUT2D eigenvalue weighted by atomic mass is 16.5. The second kappa shape index (κ2) is 8.29. The topological polar surface area (TPSA) is 79.9 Å². The fourth-order valence-corrected chi connectivity index (χ4v) is 4.38. The maximum atomic E-state index is 5.78. The van der Waals surface area contributed by atoms with Crippen LogP contribution in [0.3, 0.4) is 0 Å². The van der Waals surface area contributed by atoms with Gasteiger partial charge in [0.2, 0.25) is 0 Å². The minimum Gasteiger partial charge on any atom is -0.375 e. The third-order valence-corrected chi connectivity index (χ3v) is 6.23. The zero-order valence-corrected chi connectivity index (χ0v) is 18.5. The Morgan fingerprint density at radius 1 is 1.18 bits per heavy atom. The Kier molecular flexibility index (Phi) is 4.99. The number of aliphatic imine (C=N–C) groups is 1. The van der Waals surface area contributed by atoms with E-state index in [1.54, 1.807) is 6.20 Å². The second-order valence-corrected chi connectivity index (χ2v) is 8.39. The van der Waals surface area contributed by atoms with Gasteiger partial charge in [0, 0.05) is 43.5 Å². The van der Waals surface area contributed by atoms with Crippen LogP contribution in [0, 0.1) is 0 Å². The molecular formula is C25H25N7O. The van der Waals surface area contributed by atoms with Crippen molar-refractivity contribution in [3.63, 3.8) is 0 Å². The van der Waals surface area contributed by atoms with E-state index in [9.17, 15) is 0 Å². The lowest BCUT2D eigenvalue weighted by molar-refractivity contribution is 0.0382. The molecule has 6 rings (SSSR count). The van der Waals surface area contributed by atoms with Gasteiger partial charge in [-0.15, -0.1) is 0 Å². The number of fused-ring (bicyclic) bond motifs is 2. The normalized spacial score (nSPS) is 17.5. The lowest BCUT2D eigenvalue weighted by Gasteiger charge is -2.33. The SMILES string of the molecule is CC[C@H]1CN(c2ccc(Nc3nc(-c4ccc5c(c4)CN=C5)cn4ccnc34)cn2)CCO1. The first-order chi connectivity index (χ1) is 16.3. The van der Waals surface area contributed by atoms with Gasteiger partial charge >= 0.3 is 0 Å². The van der Waals surface area contributed by atoms with Gasteiger partial charge in [-0.2, -0.15) is 0 Å². The summed E-state index contributed by atoms with van der Waals surface area (Å²) in [4.78, 5) is 20.7. The largest absolute Gasteiger partial charge is 0.375 e. The number of hydrogen-bond acceptors (Lipinski definition) is 7. The average Bonchev–Trinajstić information content (AvgIpc) is 3.53. The summed E-state index contributed by atoms with van der Waals surface area (Å²) < 4.78 is 7.78. The number of ether oxygens (including phenoxy) is 1. The first-order valence-corrected chi connectivity index (χ1v) is 11.3. The van der Waals surface area contributed by atoms with Crippen LogP contribution in [0.2, 0.25) is 0 Å². The summed E-state index contributed by atoms with van der Waals surface area (Å²) in [6.45, 7) is 5.36. The predicted octanol–water partition coefficient (Wildman–Crippen LogP) is 4.08. The molecule has 0 aliphatic carbocycles. The molecule has 3 aromatic heterocycles. The zero-order chi connectivity index (χ0) is 22.2. The maximum absolute atomic E-state index is 5.78. The Labute approximate surface area is 192 Å². The van der Waals surface area contributed by atoms with Gasteiger partial charge < -0.3 is 19.4 Å². The molecule has 2 aliphatic rings. The van der Waals surface area contributed by atoms with Crippen LogP contribution in [0.25, 0.3) is 16.9 Å². The van der Waals surface area contributed by atoms with E-state index in [4.69, 9.17) is 14.7 Å². The number of morpholine rings is 1. The van der Waals surface area contributed by atoms with Crippen molar-refractivity contribution in [1.29, 1.82) is 0 Å². The molecular weight excluding hydrogens is 414 g/mol. The van der Waals surface area contributed by atoms with Gasteiger partial charge in [0.1, 0.15) is 5.82 Å². The highest BCUT2D eigenvalue weighted by Gasteiger charge is 2.20. The van der Waals surface area contributed by atoms with Gasteiger partial charge in [-0.25, -0.2) is 15.0 Å². The lowest BCUT2D eigenvalue weighted by Crippen LogP contribution is -2.42. The van der Waals surface area contributed by atoms with E-state index in [0.29, 0.717) is 5.82 Å². The van der Waals surface area contributed by atoms with E-state index in [0.717, 1.165) is 61.1 Å². The quantitative estimate of drug-likeness (QED) is 0.505. The Hall–Kier alpha value is -3.78. The van der Waals surface area contributed by atoms with Crippen molar-refractivity contribution in [2.75, 3.05) is 29.9 Å². The van der Waals surface area contributed by atoms with Crippen LogP contribution in [0.5, 0.6) is 0 Å². The van der Waals surface area contributed by atoms with E-state index in [2.05, 4.69) is 45.3 Å². The van der Waals surface area contributed by atoms with Crippen LogP contribution in [0.4, 0.5) is 17.3 Å². The van der Waals surface area contributed by atoms with E-state index in [1.807, 2.05) is 41.3 Å². The van der Waals surface area contributed by atoms with Crippen molar-refractivity contribution in [2.45, 2.75) is 26.0 Å². The molecule has 1 atom stereocenters. The van der Waals surface area contributed by atoms with Crippen LogP contribution in [0.1, 0.15) is 24.5 Å². The number of benzene rings is 1. The molecule has 1 fully saturated rings. The van der Waals surface area contributed by atoms with Crippen molar-refractivity contribution in [3.8, 4) is 11.3 Å². The van der Waals surface area contributed by atoms with Gasteiger partial charge in [0.15, 0.2) is 11.5 Å². The van der Waals surface area contributed by atoms with Crippen molar-refractivity contribution in [2.24, 2.45) is 4.99 Å². The van der Waals surface area contributed by atoms with Crippen LogP contribution in [-0.2, 0) is 11.3 Å². The van der Waals surface area contributed by atoms with Gasteiger partial charge in [0.25, 0.3) is 0 Å². The van der Waals surface area contributed by atoms with Gasteiger partial charge in [-0.1, -0.05) is 19.1 Å². The van der Waals surface area contributed by atoms with Gasteiger partial charge in [0.05, 0.1) is 36.8 Å². The molecule has 0 radical (unpaired) electrons. The number of anilines is 3. The smallest absolute Gasteiger partial charge is 0.180 e. The molecule has 8 nitrogen and oxygen atoms in total. The highest BCUT2D eigenvalue weighted by Crippen LogP contribution is 2.28. The number of pyridine rings is 1. The van der Waals surface area contributed by atoms with Gasteiger partial charge in [-0.3, -0.25) is 4.99 Å². The van der Waals surface area contributed by atoms with E-state index < -0.39 is 0 Å². The van der Waals surface area contributed by atoms with Crippen molar-refractivity contribution >= 4 is 29.2 Å². The molecule has 1 aromatic carbocycles. The third-order valence-electron chi connectivity index (χ3n) is 6.23. The molecule has 166 valence electrons. The third kappa shape index (κ3) is 3.82. The monoisotopic (exact) mass is 439 g/mol. The number of aromatic nitrogens is 4. The van der Waals surface area contributed by atoms with Crippen LogP contribution < -0.4 is 10.2 Å². The number of nitrogens with zero attached hydrogens (tertiary/aromatic N) is 6. The Morgan fingerprint density at radius 3 is 3.03 bits per heavy atom. The van der Waals surface area contributed by atoms with E-state index in [1.165, 1.54) is 11.1 Å². The fraction of sp³-hybridized carbons (Fsp3) is 0.280. The molecule has 5 heterocycles. The van der Waals surface area contributed by atoms with Gasteiger partial charge in [-0.05, 0) is 35.7 Å². The molecule has 8 heteroatoms. The first-order valence-electron chi connectivity index (χ1n) is 11.3. The minimum atomic E-state index is 0.268. The molecule has 0 bridgehead atoms. The summed E-state index contributed by atoms with van der Waals surface area (Å²) in [6, 6.07) is 10.4. The van der Waals surface area contributed by atoms with Crippen LogP contribution >= 0.6 is 0 Å². The molecule has 1 saturated heterocycles. The van der Waals surface area contributed by atoms with Crippen molar-refractivity contribution in [3.05, 3.63) is 66.2 Å². The molecule has 0 saturated carbocycles. The number of rotatable bonds is 5.